The fourth-order valence-corrected chi connectivity index (χ4v) is 4.16. The van der Waals surface area contributed by atoms with Crippen molar-refractivity contribution in [3.63, 3.8) is 0 Å². The van der Waals surface area contributed by atoms with Crippen LogP contribution in [0.5, 0.6) is 0 Å². The molecule has 0 aromatic rings. The van der Waals surface area contributed by atoms with Crippen LogP contribution in [0.25, 0.3) is 0 Å². The molecule has 0 spiro atoms. The zero-order chi connectivity index (χ0) is 14.1. The Bertz CT molecular complexity index is 334. The van der Waals surface area contributed by atoms with Crippen LogP contribution < -0.4 is 5.32 Å². The summed E-state index contributed by atoms with van der Waals surface area (Å²) in [7, 11) is 0. The number of nitrogens with one attached hydrogen (secondary N) is 1. The van der Waals surface area contributed by atoms with E-state index in [0.717, 1.165) is 18.8 Å². The summed E-state index contributed by atoms with van der Waals surface area (Å²) in [4.78, 5) is 12.1. The third kappa shape index (κ3) is 3.44. The van der Waals surface area contributed by atoms with Gasteiger partial charge in [-0.3, -0.25) is 4.79 Å². The van der Waals surface area contributed by atoms with Crippen LogP contribution in [0, 0.1) is 11.3 Å². The highest BCUT2D eigenvalue weighted by Gasteiger charge is 2.41. The fourth-order valence-electron chi connectivity index (χ4n) is 2.92. The average Bonchev–Trinajstić information content (AvgIpc) is 2.94. The molecule has 5 heteroatoms. The van der Waals surface area contributed by atoms with E-state index in [4.69, 9.17) is 4.74 Å². The first-order valence-corrected chi connectivity index (χ1v) is 8.18. The lowest BCUT2D eigenvalue weighted by molar-refractivity contribution is -0.137. The quantitative estimate of drug-likeness (QED) is 0.824. The highest BCUT2D eigenvalue weighted by molar-refractivity contribution is 7.99. The normalized spacial score (nSPS) is 35.6. The van der Waals surface area contributed by atoms with Crippen molar-refractivity contribution in [2.24, 2.45) is 11.3 Å². The van der Waals surface area contributed by atoms with Crippen molar-refractivity contribution in [1.29, 1.82) is 0 Å². The second-order valence-corrected chi connectivity index (χ2v) is 7.86. The largest absolute Gasteiger partial charge is 0.379 e. The van der Waals surface area contributed by atoms with E-state index in [-0.39, 0.29) is 17.4 Å². The number of carbonyl (C=O) groups excluding carboxylic acids is 1. The van der Waals surface area contributed by atoms with E-state index in [1.807, 2.05) is 0 Å². The Labute approximate surface area is 119 Å². The predicted molar refractivity (Wildman–Crippen MR) is 77.2 cm³/mol. The number of carbonyl (C=O) groups is 1. The third-order valence-corrected chi connectivity index (χ3v) is 5.19. The van der Waals surface area contributed by atoms with Crippen molar-refractivity contribution in [3.8, 4) is 0 Å². The minimum Gasteiger partial charge on any atom is -0.379 e. The van der Waals surface area contributed by atoms with E-state index in [1.165, 1.54) is 0 Å². The molecule has 0 saturated carbocycles. The van der Waals surface area contributed by atoms with Crippen molar-refractivity contribution >= 4 is 17.7 Å². The smallest absolute Gasteiger partial charge is 0.252 e. The summed E-state index contributed by atoms with van der Waals surface area (Å²) in [5.41, 5.74) is -1.06. The minimum absolute atomic E-state index is 0.0893. The van der Waals surface area contributed by atoms with E-state index in [1.54, 1.807) is 11.8 Å². The molecule has 2 N–H and O–H groups in total. The number of aliphatic hydroxyl groups is 1. The van der Waals surface area contributed by atoms with E-state index >= 15 is 0 Å². The predicted octanol–water partition coefficient (Wildman–Crippen LogP) is 1.42. The van der Waals surface area contributed by atoms with Gasteiger partial charge in [0.05, 0.1) is 6.10 Å². The number of amides is 1. The first-order valence-electron chi connectivity index (χ1n) is 7.03. The van der Waals surface area contributed by atoms with Gasteiger partial charge in [0, 0.05) is 24.8 Å². The van der Waals surface area contributed by atoms with Crippen molar-refractivity contribution in [2.45, 2.75) is 45.3 Å². The lowest BCUT2D eigenvalue weighted by Crippen LogP contribution is -2.49. The molecule has 3 atom stereocenters. The van der Waals surface area contributed by atoms with Gasteiger partial charge in [0.1, 0.15) is 0 Å². The van der Waals surface area contributed by atoms with Crippen molar-refractivity contribution in [1.82, 2.24) is 5.32 Å². The Morgan fingerprint density at radius 3 is 2.84 bits per heavy atom. The molecule has 1 unspecified atom stereocenters. The monoisotopic (exact) mass is 287 g/mol. The second kappa shape index (κ2) is 5.62. The number of hydrogen-bond acceptors (Lipinski definition) is 4. The Kier molecular flexibility index (Phi) is 4.48. The molecule has 1 amide bonds. The zero-order valence-corrected chi connectivity index (χ0v) is 12.9. The van der Waals surface area contributed by atoms with E-state index in [2.05, 4.69) is 26.1 Å². The molecule has 19 heavy (non-hydrogen) atoms. The minimum atomic E-state index is -1.15. The van der Waals surface area contributed by atoms with E-state index < -0.39 is 5.60 Å². The summed E-state index contributed by atoms with van der Waals surface area (Å²) < 4.78 is 5.80. The summed E-state index contributed by atoms with van der Waals surface area (Å²) >= 11 is 1.64. The zero-order valence-electron chi connectivity index (χ0n) is 12.1. The van der Waals surface area contributed by atoms with Crippen LogP contribution in [0.3, 0.4) is 0 Å². The van der Waals surface area contributed by atoms with Gasteiger partial charge in [0.2, 0.25) is 0 Å². The number of thioether (sulfide) groups is 1. The maximum atomic E-state index is 12.1. The van der Waals surface area contributed by atoms with Crippen molar-refractivity contribution in [3.05, 3.63) is 0 Å². The average molecular weight is 287 g/mol. The van der Waals surface area contributed by atoms with E-state index in [0.29, 0.717) is 24.6 Å². The van der Waals surface area contributed by atoms with Crippen LogP contribution in [-0.2, 0) is 9.53 Å². The van der Waals surface area contributed by atoms with Crippen LogP contribution in [0.1, 0.15) is 33.6 Å². The van der Waals surface area contributed by atoms with Gasteiger partial charge in [0.25, 0.3) is 5.91 Å². The third-order valence-electron chi connectivity index (χ3n) is 4.02. The molecular weight excluding hydrogens is 262 g/mol. The standard InChI is InChI=1S/C14H25NO3S/c1-13(2,3)11-10(4-6-18-11)8-15-12(16)14(17)5-7-19-9-14/h10-11,17H,4-9H2,1-3H3,(H,15,16)/t10-,11+,14?/m1/s1. The highest BCUT2D eigenvalue weighted by Crippen LogP contribution is 2.34. The molecule has 2 saturated heterocycles. The molecule has 0 aromatic carbocycles. The molecule has 0 radical (unpaired) electrons. The highest BCUT2D eigenvalue weighted by atomic mass is 32.2. The van der Waals surface area contributed by atoms with Gasteiger partial charge in [-0.25, -0.2) is 0 Å². The maximum Gasteiger partial charge on any atom is 0.252 e. The first kappa shape index (κ1) is 15.1. The molecular formula is C14H25NO3S. The summed E-state index contributed by atoms with van der Waals surface area (Å²) in [5, 5.41) is 13.1. The lowest BCUT2D eigenvalue weighted by atomic mass is 9.81. The molecule has 2 fully saturated rings. The Morgan fingerprint density at radius 1 is 1.53 bits per heavy atom. The molecule has 0 aromatic heterocycles. The summed E-state index contributed by atoms with van der Waals surface area (Å²) in [6.07, 6.45) is 1.73. The fraction of sp³-hybridized carbons (Fsp3) is 0.929. The van der Waals surface area contributed by atoms with Crippen LogP contribution in [0.4, 0.5) is 0 Å². The summed E-state index contributed by atoms with van der Waals surface area (Å²) in [6.45, 7) is 7.87. The first-order chi connectivity index (χ1) is 8.83. The molecule has 0 aliphatic carbocycles. The van der Waals surface area contributed by atoms with Crippen LogP contribution in [0.2, 0.25) is 0 Å². The van der Waals surface area contributed by atoms with Gasteiger partial charge < -0.3 is 15.2 Å². The molecule has 2 heterocycles. The molecule has 2 aliphatic rings. The van der Waals surface area contributed by atoms with Gasteiger partial charge in [-0.2, -0.15) is 11.8 Å². The molecule has 2 rings (SSSR count). The van der Waals surface area contributed by atoms with Gasteiger partial charge in [0.15, 0.2) is 5.60 Å². The molecule has 2 aliphatic heterocycles. The Morgan fingerprint density at radius 2 is 2.26 bits per heavy atom. The van der Waals surface area contributed by atoms with Gasteiger partial charge in [-0.15, -0.1) is 0 Å². The van der Waals surface area contributed by atoms with Crippen molar-refractivity contribution < 1.29 is 14.6 Å². The number of ether oxygens (including phenoxy) is 1. The van der Waals surface area contributed by atoms with E-state index in [9.17, 15) is 9.90 Å². The molecule has 110 valence electrons. The molecule has 4 nitrogen and oxygen atoms in total. The summed E-state index contributed by atoms with van der Waals surface area (Å²) in [5.74, 6) is 1.52. The van der Waals surface area contributed by atoms with Crippen LogP contribution >= 0.6 is 11.8 Å². The molecule has 0 bridgehead atoms. The Hall–Kier alpha value is -0.260. The Balaban J connectivity index is 1.86. The number of hydrogen-bond donors (Lipinski definition) is 2. The summed E-state index contributed by atoms with van der Waals surface area (Å²) in [6, 6.07) is 0. The topological polar surface area (TPSA) is 58.6 Å². The van der Waals surface area contributed by atoms with Gasteiger partial charge in [-0.1, -0.05) is 20.8 Å². The van der Waals surface area contributed by atoms with Crippen molar-refractivity contribution in [2.75, 3.05) is 24.7 Å². The lowest BCUT2D eigenvalue weighted by Gasteiger charge is -2.31. The maximum absolute atomic E-state index is 12.1. The second-order valence-electron chi connectivity index (χ2n) is 6.75. The van der Waals surface area contributed by atoms with Gasteiger partial charge in [-0.05, 0) is 24.0 Å². The number of rotatable bonds is 3. The SMILES string of the molecule is CC(C)(C)[C@H]1OCC[C@@H]1CNC(=O)C1(O)CCSC1. The van der Waals surface area contributed by atoms with Gasteiger partial charge >= 0.3 is 0 Å². The van der Waals surface area contributed by atoms with Crippen LogP contribution in [0.15, 0.2) is 0 Å². The van der Waals surface area contributed by atoms with Crippen LogP contribution in [-0.4, -0.2) is 47.4 Å².